The van der Waals surface area contributed by atoms with Gasteiger partial charge in [-0.3, -0.25) is 0 Å². The first-order valence-electron chi connectivity index (χ1n) is 6.93. The van der Waals surface area contributed by atoms with Crippen LogP contribution < -0.4 is 10.1 Å². The summed E-state index contributed by atoms with van der Waals surface area (Å²) in [6, 6.07) is 2.16. The molecule has 102 valence electrons. The van der Waals surface area contributed by atoms with Gasteiger partial charge >= 0.3 is 0 Å². The highest BCUT2D eigenvalue weighted by Crippen LogP contribution is 2.30. The van der Waals surface area contributed by atoms with Crippen LogP contribution in [-0.2, 0) is 6.42 Å². The molecule has 1 fully saturated rings. The lowest BCUT2D eigenvalue weighted by Crippen LogP contribution is -2.30. The maximum Gasteiger partial charge on any atom is 0.225 e. The first kappa shape index (κ1) is 12.8. The van der Waals surface area contributed by atoms with Crippen LogP contribution in [0.4, 0.5) is 0 Å². The standard InChI is InChI=1S/C14H19N3OS/c1-2-11-7-12-13(16-9-17-14(12)19-11)18-8-10-3-5-15-6-4-10/h7,9-10,15H,2-6,8H2,1H3. The Morgan fingerprint density at radius 3 is 3.00 bits per heavy atom. The molecule has 2 aromatic rings. The van der Waals surface area contributed by atoms with Crippen LogP contribution in [0.1, 0.15) is 24.6 Å². The summed E-state index contributed by atoms with van der Waals surface area (Å²) in [7, 11) is 0. The minimum absolute atomic E-state index is 0.649. The summed E-state index contributed by atoms with van der Waals surface area (Å²) in [4.78, 5) is 11.0. The van der Waals surface area contributed by atoms with Crippen molar-refractivity contribution in [1.29, 1.82) is 0 Å². The molecule has 0 radical (unpaired) electrons. The maximum absolute atomic E-state index is 5.94. The SMILES string of the molecule is CCc1cc2c(OCC3CCNCC3)ncnc2s1. The van der Waals surface area contributed by atoms with Gasteiger partial charge in [-0.2, -0.15) is 0 Å². The van der Waals surface area contributed by atoms with Gasteiger partial charge in [0, 0.05) is 4.88 Å². The Bertz CT molecular complexity index is 549. The van der Waals surface area contributed by atoms with E-state index in [9.17, 15) is 0 Å². The molecule has 2 aromatic heterocycles. The first-order valence-corrected chi connectivity index (χ1v) is 7.75. The molecule has 3 rings (SSSR count). The lowest BCUT2D eigenvalue weighted by molar-refractivity contribution is 0.211. The number of ether oxygens (including phenoxy) is 1. The van der Waals surface area contributed by atoms with E-state index < -0.39 is 0 Å². The zero-order valence-corrected chi connectivity index (χ0v) is 12.0. The van der Waals surface area contributed by atoms with Gasteiger partial charge in [0.2, 0.25) is 5.88 Å². The highest BCUT2D eigenvalue weighted by molar-refractivity contribution is 7.18. The average Bonchev–Trinajstić information content (AvgIpc) is 2.90. The van der Waals surface area contributed by atoms with Crippen molar-refractivity contribution in [3.8, 4) is 5.88 Å². The van der Waals surface area contributed by atoms with Crippen LogP contribution in [-0.4, -0.2) is 29.7 Å². The minimum atomic E-state index is 0.649. The van der Waals surface area contributed by atoms with E-state index in [1.54, 1.807) is 17.7 Å². The van der Waals surface area contributed by atoms with Gasteiger partial charge < -0.3 is 10.1 Å². The summed E-state index contributed by atoms with van der Waals surface area (Å²) in [5.41, 5.74) is 0. The second kappa shape index (κ2) is 5.84. The molecule has 5 heteroatoms. The zero-order chi connectivity index (χ0) is 13.1. The van der Waals surface area contributed by atoms with Crippen molar-refractivity contribution in [3.63, 3.8) is 0 Å². The Morgan fingerprint density at radius 2 is 2.21 bits per heavy atom. The van der Waals surface area contributed by atoms with E-state index in [1.165, 1.54) is 17.7 Å². The average molecular weight is 277 g/mol. The number of rotatable bonds is 4. The normalized spacial score (nSPS) is 16.9. The second-order valence-electron chi connectivity index (χ2n) is 4.97. The summed E-state index contributed by atoms with van der Waals surface area (Å²) in [5, 5.41) is 4.44. The molecule has 0 aliphatic carbocycles. The Balaban J connectivity index is 1.74. The first-order chi connectivity index (χ1) is 9.36. The van der Waals surface area contributed by atoms with E-state index in [0.29, 0.717) is 5.92 Å². The number of aromatic nitrogens is 2. The van der Waals surface area contributed by atoms with E-state index in [4.69, 9.17) is 4.74 Å². The molecule has 0 bridgehead atoms. The van der Waals surface area contributed by atoms with Crippen molar-refractivity contribution in [1.82, 2.24) is 15.3 Å². The summed E-state index contributed by atoms with van der Waals surface area (Å²) in [6.07, 6.45) is 5.03. The minimum Gasteiger partial charge on any atom is -0.477 e. The maximum atomic E-state index is 5.94. The molecule has 1 saturated heterocycles. The summed E-state index contributed by atoms with van der Waals surface area (Å²) in [5.74, 6) is 1.40. The second-order valence-corrected chi connectivity index (χ2v) is 6.08. The molecule has 1 N–H and O–H groups in total. The third kappa shape index (κ3) is 2.87. The van der Waals surface area contributed by atoms with E-state index in [-0.39, 0.29) is 0 Å². The fourth-order valence-electron chi connectivity index (χ4n) is 2.42. The Kier molecular flexibility index (Phi) is 3.94. The number of aryl methyl sites for hydroxylation is 1. The van der Waals surface area contributed by atoms with Crippen LogP contribution in [0, 0.1) is 5.92 Å². The van der Waals surface area contributed by atoms with E-state index in [2.05, 4.69) is 28.3 Å². The number of nitrogens with zero attached hydrogens (tertiary/aromatic N) is 2. The van der Waals surface area contributed by atoms with Gasteiger partial charge in [0.25, 0.3) is 0 Å². The third-order valence-electron chi connectivity index (χ3n) is 3.61. The highest BCUT2D eigenvalue weighted by Gasteiger charge is 2.15. The highest BCUT2D eigenvalue weighted by atomic mass is 32.1. The van der Waals surface area contributed by atoms with Crippen LogP contribution in [0.5, 0.6) is 5.88 Å². The van der Waals surface area contributed by atoms with Crippen LogP contribution in [0.25, 0.3) is 10.2 Å². The molecule has 4 nitrogen and oxygen atoms in total. The number of thiophene rings is 1. The topological polar surface area (TPSA) is 47.0 Å². The van der Waals surface area contributed by atoms with Crippen molar-refractivity contribution in [2.75, 3.05) is 19.7 Å². The molecule has 0 aromatic carbocycles. The fraction of sp³-hybridized carbons (Fsp3) is 0.571. The molecule has 3 heterocycles. The lowest BCUT2D eigenvalue weighted by atomic mass is 9.99. The van der Waals surface area contributed by atoms with Crippen molar-refractivity contribution in [3.05, 3.63) is 17.3 Å². The van der Waals surface area contributed by atoms with Crippen LogP contribution in [0.3, 0.4) is 0 Å². The van der Waals surface area contributed by atoms with E-state index in [1.807, 2.05) is 0 Å². The third-order valence-corrected chi connectivity index (χ3v) is 4.79. The van der Waals surface area contributed by atoms with Gasteiger partial charge in [0.1, 0.15) is 11.2 Å². The molecule has 1 aliphatic rings. The van der Waals surface area contributed by atoms with Crippen LogP contribution in [0.15, 0.2) is 12.4 Å². The summed E-state index contributed by atoms with van der Waals surface area (Å²) in [6.45, 7) is 5.14. The Labute approximate surface area is 117 Å². The van der Waals surface area contributed by atoms with Gasteiger partial charge in [-0.25, -0.2) is 9.97 Å². The largest absolute Gasteiger partial charge is 0.477 e. The molecule has 0 unspecified atom stereocenters. The van der Waals surface area contributed by atoms with Crippen molar-refractivity contribution >= 4 is 21.6 Å². The van der Waals surface area contributed by atoms with Crippen molar-refractivity contribution in [2.45, 2.75) is 26.2 Å². The van der Waals surface area contributed by atoms with Gasteiger partial charge in [-0.05, 0) is 44.3 Å². The molecule has 1 aliphatic heterocycles. The number of nitrogens with one attached hydrogen (secondary N) is 1. The fourth-order valence-corrected chi connectivity index (χ4v) is 3.34. The Hall–Kier alpha value is -1.20. The van der Waals surface area contributed by atoms with Gasteiger partial charge in [0.15, 0.2) is 0 Å². The predicted octanol–water partition coefficient (Wildman–Crippen LogP) is 2.63. The van der Waals surface area contributed by atoms with Gasteiger partial charge in [0.05, 0.1) is 12.0 Å². The zero-order valence-electron chi connectivity index (χ0n) is 11.2. The van der Waals surface area contributed by atoms with Gasteiger partial charge in [-0.15, -0.1) is 11.3 Å². The molecule has 0 saturated carbocycles. The lowest BCUT2D eigenvalue weighted by Gasteiger charge is -2.22. The van der Waals surface area contributed by atoms with Crippen molar-refractivity contribution in [2.24, 2.45) is 5.92 Å². The molecule has 0 atom stereocenters. The van der Waals surface area contributed by atoms with Crippen LogP contribution in [0.2, 0.25) is 0 Å². The van der Waals surface area contributed by atoms with Gasteiger partial charge in [-0.1, -0.05) is 6.92 Å². The van der Waals surface area contributed by atoms with Crippen molar-refractivity contribution < 1.29 is 4.74 Å². The monoisotopic (exact) mass is 277 g/mol. The number of piperidine rings is 1. The molecule has 0 amide bonds. The molecule has 0 spiro atoms. The number of hydrogen-bond donors (Lipinski definition) is 1. The summed E-state index contributed by atoms with van der Waals surface area (Å²) < 4.78 is 5.94. The molecular formula is C14H19N3OS. The number of fused-ring (bicyclic) bond motifs is 1. The quantitative estimate of drug-likeness (QED) is 0.933. The number of hydrogen-bond acceptors (Lipinski definition) is 5. The molecule has 19 heavy (non-hydrogen) atoms. The predicted molar refractivity (Wildman–Crippen MR) is 77.9 cm³/mol. The van der Waals surface area contributed by atoms with E-state index in [0.717, 1.165) is 42.2 Å². The smallest absolute Gasteiger partial charge is 0.225 e. The molecular weight excluding hydrogens is 258 g/mol. The van der Waals surface area contributed by atoms with Crippen LogP contribution >= 0.6 is 11.3 Å². The summed E-state index contributed by atoms with van der Waals surface area (Å²) >= 11 is 1.73. The Morgan fingerprint density at radius 1 is 1.37 bits per heavy atom. The van der Waals surface area contributed by atoms with E-state index >= 15 is 0 Å².